The normalized spacial score (nSPS) is 9.96. The Bertz CT molecular complexity index is 721. The van der Waals surface area contributed by atoms with E-state index in [2.05, 4.69) is 23.3 Å². The average molecular weight is 308 g/mol. The van der Waals surface area contributed by atoms with E-state index in [1.807, 2.05) is 12.1 Å². The molecule has 0 radical (unpaired) electrons. The second-order valence-corrected chi connectivity index (χ2v) is 5.36. The second-order valence-electron chi connectivity index (χ2n) is 5.36. The van der Waals surface area contributed by atoms with E-state index < -0.39 is 0 Å². The molecule has 5 nitrogen and oxygen atoms in total. The molecule has 1 N–H and O–H groups in total. The minimum atomic E-state index is -0.0413. The van der Waals surface area contributed by atoms with Crippen molar-refractivity contribution in [3.63, 3.8) is 0 Å². The van der Waals surface area contributed by atoms with E-state index in [0.717, 1.165) is 30.8 Å². The fourth-order valence-corrected chi connectivity index (χ4v) is 2.18. The summed E-state index contributed by atoms with van der Waals surface area (Å²) >= 11 is 0. The van der Waals surface area contributed by atoms with Crippen LogP contribution in [0.3, 0.4) is 0 Å². The third kappa shape index (κ3) is 4.55. The maximum atomic E-state index is 12.4. The third-order valence-corrected chi connectivity index (χ3v) is 3.46. The van der Waals surface area contributed by atoms with Gasteiger partial charge < -0.3 is 10.2 Å². The number of unbranched alkanes of at least 4 members (excludes halogenated alkanes) is 1. The molecule has 0 spiro atoms. The summed E-state index contributed by atoms with van der Waals surface area (Å²) in [5, 5.41) is 12.1. The molecular weight excluding hydrogens is 288 g/mol. The van der Waals surface area contributed by atoms with Gasteiger partial charge in [-0.2, -0.15) is 5.26 Å². The number of carbonyl (C=O) groups is 1. The predicted molar refractivity (Wildman–Crippen MR) is 90.5 cm³/mol. The predicted octanol–water partition coefficient (Wildman–Crippen LogP) is 3.57. The monoisotopic (exact) mass is 308 g/mol. The summed E-state index contributed by atoms with van der Waals surface area (Å²) in [6, 6.07) is 11.0. The molecule has 0 aliphatic carbocycles. The van der Waals surface area contributed by atoms with E-state index >= 15 is 0 Å². The molecule has 1 aromatic carbocycles. The first kappa shape index (κ1) is 16.5. The molecule has 118 valence electrons. The van der Waals surface area contributed by atoms with Gasteiger partial charge in [-0.05, 0) is 30.7 Å². The van der Waals surface area contributed by atoms with Crippen LogP contribution in [-0.2, 0) is 0 Å². The summed E-state index contributed by atoms with van der Waals surface area (Å²) < 4.78 is 0. The third-order valence-electron chi connectivity index (χ3n) is 3.46. The molecule has 0 bridgehead atoms. The van der Waals surface area contributed by atoms with Crippen LogP contribution in [0.2, 0.25) is 0 Å². The van der Waals surface area contributed by atoms with Crippen molar-refractivity contribution in [3.8, 4) is 6.07 Å². The Morgan fingerprint density at radius 2 is 2.13 bits per heavy atom. The Balaban J connectivity index is 2.13. The molecule has 0 saturated carbocycles. The lowest BCUT2D eigenvalue weighted by Crippen LogP contribution is -2.27. The number of benzene rings is 1. The van der Waals surface area contributed by atoms with Gasteiger partial charge in [-0.3, -0.25) is 9.78 Å². The first-order valence-electron chi connectivity index (χ1n) is 7.61. The molecule has 2 rings (SSSR count). The zero-order valence-corrected chi connectivity index (χ0v) is 13.4. The summed E-state index contributed by atoms with van der Waals surface area (Å²) in [4.78, 5) is 18.2. The van der Waals surface area contributed by atoms with Crippen molar-refractivity contribution in [2.24, 2.45) is 0 Å². The van der Waals surface area contributed by atoms with Gasteiger partial charge in [-0.15, -0.1) is 0 Å². The van der Waals surface area contributed by atoms with Gasteiger partial charge in [-0.25, -0.2) is 0 Å². The Morgan fingerprint density at radius 3 is 2.87 bits per heavy atom. The van der Waals surface area contributed by atoms with Crippen molar-refractivity contribution in [3.05, 3.63) is 53.9 Å². The molecule has 1 aromatic heterocycles. The standard InChI is InChI=1S/C18H20N4O/c1-3-4-8-22(2)18(23)15-10-17(13-20-12-15)21-16-7-5-6-14(9-16)11-19/h5-7,9-10,12-13,21H,3-4,8H2,1-2H3. The van der Waals surface area contributed by atoms with Crippen LogP contribution >= 0.6 is 0 Å². The van der Waals surface area contributed by atoms with Crippen LogP contribution in [0.5, 0.6) is 0 Å². The van der Waals surface area contributed by atoms with Crippen LogP contribution in [0.1, 0.15) is 35.7 Å². The minimum Gasteiger partial charge on any atom is -0.354 e. The van der Waals surface area contributed by atoms with Crippen molar-refractivity contribution in [1.82, 2.24) is 9.88 Å². The molecule has 5 heteroatoms. The van der Waals surface area contributed by atoms with Crippen LogP contribution in [0.4, 0.5) is 11.4 Å². The van der Waals surface area contributed by atoms with Gasteiger partial charge in [0.25, 0.3) is 5.91 Å². The number of rotatable bonds is 6. The number of nitrogens with zero attached hydrogens (tertiary/aromatic N) is 3. The van der Waals surface area contributed by atoms with Crippen molar-refractivity contribution >= 4 is 17.3 Å². The van der Waals surface area contributed by atoms with E-state index in [1.165, 1.54) is 0 Å². The van der Waals surface area contributed by atoms with Gasteiger partial charge in [0.2, 0.25) is 0 Å². The summed E-state index contributed by atoms with van der Waals surface area (Å²) in [5.74, 6) is -0.0413. The highest BCUT2D eigenvalue weighted by Crippen LogP contribution is 2.18. The molecule has 0 aliphatic rings. The van der Waals surface area contributed by atoms with Gasteiger partial charge in [0.15, 0.2) is 0 Å². The molecule has 2 aromatic rings. The van der Waals surface area contributed by atoms with Gasteiger partial charge >= 0.3 is 0 Å². The van der Waals surface area contributed by atoms with Gasteiger partial charge in [0.1, 0.15) is 0 Å². The molecule has 0 atom stereocenters. The first-order chi connectivity index (χ1) is 11.1. The van der Waals surface area contributed by atoms with E-state index in [-0.39, 0.29) is 5.91 Å². The molecule has 1 heterocycles. The highest BCUT2D eigenvalue weighted by molar-refractivity contribution is 5.94. The lowest BCUT2D eigenvalue weighted by atomic mass is 10.2. The fraction of sp³-hybridized carbons (Fsp3) is 0.278. The zero-order valence-electron chi connectivity index (χ0n) is 13.4. The maximum Gasteiger partial charge on any atom is 0.255 e. The van der Waals surface area contributed by atoms with Crippen molar-refractivity contribution < 1.29 is 4.79 Å². The van der Waals surface area contributed by atoms with Crippen molar-refractivity contribution in [1.29, 1.82) is 5.26 Å². The van der Waals surface area contributed by atoms with E-state index in [1.54, 1.807) is 42.5 Å². The number of pyridine rings is 1. The smallest absolute Gasteiger partial charge is 0.255 e. The number of nitrogens with one attached hydrogen (secondary N) is 1. The first-order valence-corrected chi connectivity index (χ1v) is 7.61. The molecule has 23 heavy (non-hydrogen) atoms. The number of anilines is 2. The zero-order chi connectivity index (χ0) is 16.7. The summed E-state index contributed by atoms with van der Waals surface area (Å²) in [6.07, 6.45) is 5.25. The molecular formula is C18H20N4O. The molecule has 0 aliphatic heterocycles. The minimum absolute atomic E-state index is 0.0413. The average Bonchev–Trinajstić information content (AvgIpc) is 2.59. The van der Waals surface area contributed by atoms with Crippen LogP contribution in [0, 0.1) is 11.3 Å². The number of aromatic nitrogens is 1. The maximum absolute atomic E-state index is 12.4. The van der Waals surface area contributed by atoms with E-state index in [4.69, 9.17) is 5.26 Å². The highest BCUT2D eigenvalue weighted by atomic mass is 16.2. The van der Waals surface area contributed by atoms with Gasteiger partial charge in [0.05, 0.1) is 29.1 Å². The van der Waals surface area contributed by atoms with Gasteiger partial charge in [0, 0.05) is 25.5 Å². The Labute approximate surface area is 136 Å². The Morgan fingerprint density at radius 1 is 1.30 bits per heavy atom. The van der Waals surface area contributed by atoms with Crippen molar-refractivity contribution in [2.45, 2.75) is 19.8 Å². The molecule has 0 saturated heterocycles. The fourth-order valence-electron chi connectivity index (χ4n) is 2.18. The quantitative estimate of drug-likeness (QED) is 0.885. The van der Waals surface area contributed by atoms with Gasteiger partial charge in [-0.1, -0.05) is 19.4 Å². The lowest BCUT2D eigenvalue weighted by molar-refractivity contribution is 0.0793. The van der Waals surface area contributed by atoms with E-state index in [9.17, 15) is 4.79 Å². The number of carbonyl (C=O) groups excluding carboxylic acids is 1. The van der Waals surface area contributed by atoms with Crippen molar-refractivity contribution in [2.75, 3.05) is 18.9 Å². The Kier molecular flexibility index (Phi) is 5.70. The molecule has 0 unspecified atom stereocenters. The van der Waals surface area contributed by atoms with Crippen LogP contribution in [-0.4, -0.2) is 29.4 Å². The number of hydrogen-bond donors (Lipinski definition) is 1. The summed E-state index contributed by atoms with van der Waals surface area (Å²) in [7, 11) is 1.80. The number of nitriles is 1. The van der Waals surface area contributed by atoms with E-state index in [0.29, 0.717) is 11.1 Å². The van der Waals surface area contributed by atoms with Crippen LogP contribution in [0.25, 0.3) is 0 Å². The van der Waals surface area contributed by atoms with Crippen LogP contribution < -0.4 is 5.32 Å². The molecule has 1 amide bonds. The van der Waals surface area contributed by atoms with Crippen LogP contribution in [0.15, 0.2) is 42.7 Å². The molecule has 0 fully saturated rings. The lowest BCUT2D eigenvalue weighted by Gasteiger charge is -2.17. The number of amides is 1. The SMILES string of the molecule is CCCCN(C)C(=O)c1cncc(Nc2cccc(C#N)c2)c1. The topological polar surface area (TPSA) is 69.0 Å². The highest BCUT2D eigenvalue weighted by Gasteiger charge is 2.12. The summed E-state index contributed by atoms with van der Waals surface area (Å²) in [6.45, 7) is 2.83. The largest absolute Gasteiger partial charge is 0.354 e. The summed E-state index contributed by atoms with van der Waals surface area (Å²) in [5.41, 5.74) is 2.63. The second kappa shape index (κ2) is 7.95. The number of hydrogen-bond acceptors (Lipinski definition) is 4. The Hall–Kier alpha value is -2.87.